The van der Waals surface area contributed by atoms with Crippen LogP contribution in [0.3, 0.4) is 0 Å². The van der Waals surface area contributed by atoms with Crippen molar-refractivity contribution < 1.29 is 19.1 Å². The number of ether oxygens (including phenoxy) is 2. The first-order chi connectivity index (χ1) is 8.69. The Balaban J connectivity index is 1.94. The highest BCUT2D eigenvalue weighted by atomic mass is 16.7. The Morgan fingerprint density at radius 3 is 1.61 bits per heavy atom. The minimum absolute atomic E-state index is 0.229. The zero-order valence-corrected chi connectivity index (χ0v) is 8.78. The molecule has 2 bridgehead atoms. The van der Waals surface area contributed by atoms with E-state index in [9.17, 15) is 9.59 Å². The van der Waals surface area contributed by atoms with Crippen molar-refractivity contribution in [3.05, 3.63) is 20.9 Å². The monoisotopic (exact) mass is 250 g/mol. The molecule has 0 aromatic carbocycles. The molecule has 0 aromatic rings. The molecule has 0 radical (unpaired) electrons. The van der Waals surface area contributed by atoms with Crippen LogP contribution in [0.2, 0.25) is 0 Å². The summed E-state index contributed by atoms with van der Waals surface area (Å²) in [4.78, 5) is 28.2. The zero-order valence-electron chi connectivity index (χ0n) is 8.78. The summed E-state index contributed by atoms with van der Waals surface area (Å²) in [5, 5.41) is 5.98. The number of hydrogen-bond acceptors (Lipinski definition) is 4. The van der Waals surface area contributed by atoms with Gasteiger partial charge in [-0.15, -0.1) is 0 Å². The maximum Gasteiger partial charge on any atom is 0.225 e. The van der Waals surface area contributed by atoms with Crippen LogP contribution >= 0.6 is 0 Å². The van der Waals surface area contributed by atoms with Crippen molar-refractivity contribution in [1.82, 2.24) is 0 Å². The van der Waals surface area contributed by atoms with E-state index >= 15 is 0 Å². The SMILES string of the molecule is [N-]=[N+]=NC(=O)[C@@H]1[C@@H]2O[C@H]([C@H]3O[C@H]32)[C@H]1C(=O)N=[N+]=[N-]. The van der Waals surface area contributed by atoms with Gasteiger partial charge >= 0.3 is 0 Å². The first kappa shape index (κ1) is 11.0. The molecule has 3 fully saturated rings. The van der Waals surface area contributed by atoms with Crippen LogP contribution in [0, 0.1) is 11.8 Å². The lowest BCUT2D eigenvalue weighted by Gasteiger charge is -2.20. The Labute approximate surface area is 99.1 Å². The molecule has 3 rings (SSSR count). The molecule has 0 N–H and O–H groups in total. The van der Waals surface area contributed by atoms with Gasteiger partial charge < -0.3 is 9.47 Å². The highest BCUT2D eigenvalue weighted by Crippen LogP contribution is 2.54. The van der Waals surface area contributed by atoms with Crippen LogP contribution in [0.5, 0.6) is 0 Å². The first-order valence-electron chi connectivity index (χ1n) is 5.18. The van der Waals surface area contributed by atoms with E-state index in [-0.39, 0.29) is 12.2 Å². The minimum atomic E-state index is -0.923. The second-order valence-electron chi connectivity index (χ2n) is 4.24. The predicted molar refractivity (Wildman–Crippen MR) is 52.6 cm³/mol. The third-order valence-electron chi connectivity index (χ3n) is 3.47. The molecular weight excluding hydrogens is 244 g/mol. The molecule has 18 heavy (non-hydrogen) atoms. The molecule has 2 amide bonds. The van der Waals surface area contributed by atoms with E-state index in [1.807, 2.05) is 0 Å². The summed E-state index contributed by atoms with van der Waals surface area (Å²) in [6, 6.07) is 0. The van der Waals surface area contributed by atoms with Gasteiger partial charge in [0.2, 0.25) is 11.8 Å². The van der Waals surface area contributed by atoms with Gasteiger partial charge in [0.1, 0.15) is 12.2 Å². The summed E-state index contributed by atoms with van der Waals surface area (Å²) in [6.45, 7) is 0. The molecule has 6 atom stereocenters. The van der Waals surface area contributed by atoms with Gasteiger partial charge in [0.05, 0.1) is 24.0 Å². The highest BCUT2D eigenvalue weighted by molar-refractivity contribution is 5.90. The molecule has 0 unspecified atom stereocenters. The lowest BCUT2D eigenvalue weighted by molar-refractivity contribution is -0.131. The molecule has 10 nitrogen and oxygen atoms in total. The van der Waals surface area contributed by atoms with Crippen molar-refractivity contribution in [2.75, 3.05) is 0 Å². The van der Waals surface area contributed by atoms with Crippen molar-refractivity contribution >= 4 is 11.8 Å². The summed E-state index contributed by atoms with van der Waals surface area (Å²) >= 11 is 0. The standard InChI is InChI=1S/C8H6N6O4/c9-13-11-7(15)1-2(8(16)12-14-10)4-6-5(18-6)3(1)17-4/h1-6H/t1-,2-,3-,4-,5-,6+/m0/s1. The lowest BCUT2D eigenvalue weighted by atomic mass is 9.78. The fourth-order valence-electron chi connectivity index (χ4n) is 2.80. The van der Waals surface area contributed by atoms with Crippen LogP contribution in [0.15, 0.2) is 10.2 Å². The normalized spacial score (nSPS) is 42.4. The van der Waals surface area contributed by atoms with E-state index < -0.39 is 35.9 Å². The van der Waals surface area contributed by atoms with Crippen molar-refractivity contribution in [2.45, 2.75) is 24.4 Å². The van der Waals surface area contributed by atoms with E-state index in [2.05, 4.69) is 20.1 Å². The van der Waals surface area contributed by atoms with Gasteiger partial charge in [0.25, 0.3) is 0 Å². The van der Waals surface area contributed by atoms with Gasteiger partial charge in [0.15, 0.2) is 0 Å². The van der Waals surface area contributed by atoms with Crippen LogP contribution in [0.25, 0.3) is 20.9 Å². The third-order valence-corrected chi connectivity index (χ3v) is 3.47. The molecule has 3 heterocycles. The number of fused-ring (bicyclic) bond motifs is 5. The van der Waals surface area contributed by atoms with Crippen LogP contribution in [0.4, 0.5) is 0 Å². The molecule has 92 valence electrons. The van der Waals surface area contributed by atoms with Gasteiger partial charge in [0, 0.05) is 9.82 Å². The van der Waals surface area contributed by atoms with Gasteiger partial charge in [-0.3, -0.25) is 9.59 Å². The first-order valence-corrected chi connectivity index (χ1v) is 5.18. The van der Waals surface area contributed by atoms with E-state index in [1.165, 1.54) is 0 Å². The van der Waals surface area contributed by atoms with Crippen LogP contribution in [0.1, 0.15) is 0 Å². The van der Waals surface area contributed by atoms with E-state index in [0.29, 0.717) is 0 Å². The number of epoxide rings is 1. The average Bonchev–Trinajstić information content (AvgIpc) is 2.95. The average molecular weight is 250 g/mol. The molecule has 0 aromatic heterocycles. The Hall–Kier alpha value is -2.12. The van der Waals surface area contributed by atoms with Crippen LogP contribution in [-0.4, -0.2) is 36.2 Å². The summed E-state index contributed by atoms with van der Waals surface area (Å²) in [5.41, 5.74) is 16.5. The molecule has 0 saturated carbocycles. The quantitative estimate of drug-likeness (QED) is 0.301. The maximum absolute atomic E-state index is 11.7. The third kappa shape index (κ3) is 1.31. The Morgan fingerprint density at radius 2 is 1.22 bits per heavy atom. The second-order valence-corrected chi connectivity index (χ2v) is 4.24. The maximum atomic E-state index is 11.7. The van der Waals surface area contributed by atoms with Crippen molar-refractivity contribution in [3.8, 4) is 0 Å². The summed E-state index contributed by atoms with van der Waals surface area (Å²) < 4.78 is 10.7. The lowest BCUT2D eigenvalue weighted by Crippen LogP contribution is -2.40. The number of rotatable bonds is 2. The van der Waals surface area contributed by atoms with Crippen LogP contribution < -0.4 is 0 Å². The molecule has 0 aliphatic carbocycles. The van der Waals surface area contributed by atoms with E-state index in [1.54, 1.807) is 0 Å². The fourth-order valence-corrected chi connectivity index (χ4v) is 2.80. The van der Waals surface area contributed by atoms with Gasteiger partial charge in [-0.2, -0.15) is 0 Å². The molecular formula is C8H6N6O4. The summed E-state index contributed by atoms with van der Waals surface area (Å²) in [7, 11) is 0. The van der Waals surface area contributed by atoms with Crippen LogP contribution in [-0.2, 0) is 19.1 Å². The summed E-state index contributed by atoms with van der Waals surface area (Å²) in [5.74, 6) is -3.42. The zero-order chi connectivity index (χ0) is 12.9. The number of azide groups is 2. The number of carbonyl (C=O) groups is 2. The van der Waals surface area contributed by atoms with Gasteiger partial charge in [-0.25, -0.2) is 0 Å². The number of amides is 2. The van der Waals surface area contributed by atoms with E-state index in [4.69, 9.17) is 20.5 Å². The Morgan fingerprint density at radius 1 is 0.833 bits per heavy atom. The molecule has 10 heteroatoms. The van der Waals surface area contributed by atoms with Crippen molar-refractivity contribution in [3.63, 3.8) is 0 Å². The molecule has 3 aliphatic heterocycles. The van der Waals surface area contributed by atoms with E-state index in [0.717, 1.165) is 0 Å². The molecule has 3 saturated heterocycles. The van der Waals surface area contributed by atoms with Crippen molar-refractivity contribution in [2.24, 2.45) is 22.1 Å². The number of nitrogens with zero attached hydrogens (tertiary/aromatic N) is 6. The smallest absolute Gasteiger partial charge is 0.225 e. The number of hydrogen-bond donors (Lipinski definition) is 0. The Kier molecular flexibility index (Phi) is 2.25. The van der Waals surface area contributed by atoms with Gasteiger partial charge in [-0.05, 0) is 21.3 Å². The summed E-state index contributed by atoms with van der Waals surface area (Å²) in [6.07, 6.45) is -1.65. The topological polar surface area (TPSA) is 153 Å². The molecule has 3 aliphatic rings. The van der Waals surface area contributed by atoms with Crippen molar-refractivity contribution in [1.29, 1.82) is 0 Å². The van der Waals surface area contributed by atoms with Gasteiger partial charge in [-0.1, -0.05) is 0 Å². The predicted octanol–water partition coefficient (Wildman–Crippen LogP) is 0.441. The highest BCUT2D eigenvalue weighted by Gasteiger charge is 2.71. The molecule has 0 spiro atoms. The second kappa shape index (κ2) is 3.69. The largest absolute Gasteiger partial charge is 0.368 e. The minimum Gasteiger partial charge on any atom is -0.368 e. The fraction of sp³-hybridized carbons (Fsp3) is 0.750. The Bertz CT molecular complexity index is 490. The number of carbonyl (C=O) groups excluding carboxylic acids is 2.